The summed E-state index contributed by atoms with van der Waals surface area (Å²) in [6, 6.07) is 18.5. The van der Waals surface area contributed by atoms with Crippen LogP contribution >= 0.6 is 11.8 Å². The minimum atomic E-state index is -0.264. The fourth-order valence-electron chi connectivity index (χ4n) is 3.70. The SMILES string of the molecule is Cc1nnc(S[C@@H](C)C(=O)N[C@H]2CCCc3ccccc32)n1-c1ccccc1. The molecule has 1 aromatic heterocycles. The minimum Gasteiger partial charge on any atom is -0.348 e. The highest BCUT2D eigenvalue weighted by Crippen LogP contribution is 2.31. The lowest BCUT2D eigenvalue weighted by Gasteiger charge is -2.27. The van der Waals surface area contributed by atoms with E-state index in [4.69, 9.17) is 0 Å². The number of hydrogen-bond donors (Lipinski definition) is 1. The molecule has 5 nitrogen and oxygen atoms in total. The highest BCUT2D eigenvalue weighted by Gasteiger charge is 2.25. The van der Waals surface area contributed by atoms with E-state index in [-0.39, 0.29) is 17.2 Å². The summed E-state index contributed by atoms with van der Waals surface area (Å²) in [4.78, 5) is 12.9. The Bertz CT molecular complexity index is 970. The second-order valence-corrected chi connectivity index (χ2v) is 8.42. The van der Waals surface area contributed by atoms with Gasteiger partial charge in [-0.3, -0.25) is 9.36 Å². The van der Waals surface area contributed by atoms with Gasteiger partial charge in [0.15, 0.2) is 5.16 Å². The van der Waals surface area contributed by atoms with Gasteiger partial charge in [-0.05, 0) is 56.4 Å². The van der Waals surface area contributed by atoms with Gasteiger partial charge < -0.3 is 5.32 Å². The second-order valence-electron chi connectivity index (χ2n) is 7.11. The van der Waals surface area contributed by atoms with Gasteiger partial charge in [0.05, 0.1) is 11.3 Å². The normalized spacial score (nSPS) is 17.0. The number of aromatic nitrogens is 3. The topological polar surface area (TPSA) is 59.8 Å². The number of rotatable bonds is 5. The molecule has 4 rings (SSSR count). The Kier molecular flexibility index (Phi) is 5.48. The first-order chi connectivity index (χ1) is 13.6. The molecule has 1 aliphatic rings. The summed E-state index contributed by atoms with van der Waals surface area (Å²) >= 11 is 1.44. The fourth-order valence-corrected chi connectivity index (χ4v) is 4.62. The molecule has 0 spiro atoms. The third kappa shape index (κ3) is 3.83. The Morgan fingerprint density at radius 1 is 1.14 bits per heavy atom. The van der Waals surface area contributed by atoms with Gasteiger partial charge >= 0.3 is 0 Å². The van der Waals surface area contributed by atoms with Crippen molar-refractivity contribution in [2.45, 2.75) is 49.6 Å². The first-order valence-corrected chi connectivity index (χ1v) is 10.5. The maximum Gasteiger partial charge on any atom is 0.233 e. The van der Waals surface area contributed by atoms with Gasteiger partial charge in [0.1, 0.15) is 5.82 Å². The summed E-state index contributed by atoms with van der Waals surface area (Å²) in [6.45, 7) is 3.85. The number of thioether (sulfide) groups is 1. The highest BCUT2D eigenvalue weighted by atomic mass is 32.2. The molecule has 0 aliphatic heterocycles. The van der Waals surface area contributed by atoms with E-state index in [1.165, 1.54) is 22.9 Å². The zero-order valence-electron chi connectivity index (χ0n) is 16.1. The maximum atomic E-state index is 12.9. The van der Waals surface area contributed by atoms with E-state index in [1.54, 1.807) is 0 Å². The first-order valence-electron chi connectivity index (χ1n) is 9.66. The molecule has 2 atom stereocenters. The predicted octanol–water partition coefficient (Wildman–Crippen LogP) is 4.25. The lowest BCUT2D eigenvalue weighted by Crippen LogP contribution is -2.36. The number of nitrogens with zero attached hydrogens (tertiary/aromatic N) is 3. The standard InChI is InChI=1S/C22H24N4OS/c1-15(21(27)23-20-14-8-10-17-9-6-7-13-19(17)20)28-22-25-24-16(2)26(22)18-11-4-3-5-12-18/h3-7,9,11-13,15,20H,8,10,14H2,1-2H3,(H,23,27)/t15-,20-/m0/s1. The highest BCUT2D eigenvalue weighted by molar-refractivity contribution is 8.00. The molecule has 0 saturated carbocycles. The van der Waals surface area contributed by atoms with Crippen LogP contribution in [0.1, 0.15) is 42.8 Å². The molecule has 28 heavy (non-hydrogen) atoms. The molecule has 0 radical (unpaired) electrons. The van der Waals surface area contributed by atoms with Crippen LogP contribution in [-0.2, 0) is 11.2 Å². The van der Waals surface area contributed by atoms with E-state index >= 15 is 0 Å². The van der Waals surface area contributed by atoms with Crippen molar-refractivity contribution in [1.29, 1.82) is 0 Å². The quantitative estimate of drug-likeness (QED) is 0.660. The molecule has 0 fully saturated rings. The van der Waals surface area contributed by atoms with Crippen molar-refractivity contribution < 1.29 is 4.79 Å². The molecule has 144 valence electrons. The number of hydrogen-bond acceptors (Lipinski definition) is 4. The van der Waals surface area contributed by atoms with Gasteiger partial charge in [0.25, 0.3) is 0 Å². The second kappa shape index (κ2) is 8.19. The van der Waals surface area contributed by atoms with Gasteiger partial charge in [0.2, 0.25) is 5.91 Å². The van der Waals surface area contributed by atoms with Crippen LogP contribution in [0.3, 0.4) is 0 Å². The molecular weight excluding hydrogens is 368 g/mol. The van der Waals surface area contributed by atoms with Crippen LogP contribution in [0.5, 0.6) is 0 Å². The van der Waals surface area contributed by atoms with E-state index in [1.807, 2.05) is 54.8 Å². The van der Waals surface area contributed by atoms with Crippen LogP contribution in [0, 0.1) is 6.92 Å². The van der Waals surface area contributed by atoms with Crippen molar-refractivity contribution in [3.05, 3.63) is 71.5 Å². The minimum absolute atomic E-state index is 0.0342. The van der Waals surface area contributed by atoms with E-state index < -0.39 is 0 Å². The zero-order chi connectivity index (χ0) is 19.5. The number of amides is 1. The molecule has 6 heteroatoms. The van der Waals surface area contributed by atoms with Crippen molar-refractivity contribution in [1.82, 2.24) is 20.1 Å². The Balaban J connectivity index is 1.48. The number of benzene rings is 2. The predicted molar refractivity (Wildman–Crippen MR) is 112 cm³/mol. The molecule has 0 unspecified atom stereocenters. The average Bonchev–Trinajstić information content (AvgIpc) is 3.09. The van der Waals surface area contributed by atoms with Gasteiger partial charge in [-0.1, -0.05) is 54.2 Å². The molecular formula is C22H24N4OS. The van der Waals surface area contributed by atoms with E-state index in [9.17, 15) is 4.79 Å². The number of carbonyl (C=O) groups is 1. The smallest absolute Gasteiger partial charge is 0.233 e. The fraction of sp³-hybridized carbons (Fsp3) is 0.318. The number of fused-ring (bicyclic) bond motifs is 1. The van der Waals surface area contributed by atoms with Crippen molar-refractivity contribution in [2.75, 3.05) is 0 Å². The number of para-hydroxylation sites is 1. The van der Waals surface area contributed by atoms with Crippen LogP contribution in [0.4, 0.5) is 0 Å². The molecule has 0 bridgehead atoms. The number of aryl methyl sites for hydroxylation is 2. The molecule has 1 N–H and O–H groups in total. The van der Waals surface area contributed by atoms with Gasteiger partial charge in [0, 0.05) is 5.69 Å². The zero-order valence-corrected chi connectivity index (χ0v) is 16.9. The van der Waals surface area contributed by atoms with Crippen LogP contribution in [0.15, 0.2) is 59.8 Å². The van der Waals surface area contributed by atoms with E-state index in [0.29, 0.717) is 0 Å². The molecule has 0 saturated heterocycles. The lowest BCUT2D eigenvalue weighted by molar-refractivity contribution is -0.121. The first kappa shape index (κ1) is 18.7. The van der Waals surface area contributed by atoms with Crippen LogP contribution in [-0.4, -0.2) is 25.9 Å². The van der Waals surface area contributed by atoms with Gasteiger partial charge in [-0.2, -0.15) is 0 Å². The molecule has 2 aromatic carbocycles. The molecule has 1 heterocycles. The summed E-state index contributed by atoms with van der Waals surface area (Å²) in [5.41, 5.74) is 3.60. The van der Waals surface area contributed by atoms with Gasteiger partial charge in [-0.15, -0.1) is 10.2 Å². The lowest BCUT2D eigenvalue weighted by atomic mass is 9.88. The molecule has 1 amide bonds. The average molecular weight is 393 g/mol. The molecule has 1 aliphatic carbocycles. The summed E-state index contributed by atoms with van der Waals surface area (Å²) in [5, 5.41) is 12.2. The van der Waals surface area contributed by atoms with Crippen LogP contribution < -0.4 is 5.32 Å². The van der Waals surface area contributed by atoms with E-state index in [0.717, 1.165) is 35.9 Å². The Labute approximate surface area is 169 Å². The monoisotopic (exact) mass is 392 g/mol. The Morgan fingerprint density at radius 3 is 2.71 bits per heavy atom. The summed E-state index contributed by atoms with van der Waals surface area (Å²) in [6.07, 6.45) is 3.18. The largest absolute Gasteiger partial charge is 0.348 e. The Hall–Kier alpha value is -2.60. The number of carbonyl (C=O) groups excluding carboxylic acids is 1. The molecule has 3 aromatic rings. The van der Waals surface area contributed by atoms with Crippen molar-refractivity contribution in [3.8, 4) is 5.69 Å². The third-order valence-electron chi connectivity index (χ3n) is 5.15. The van der Waals surface area contributed by atoms with Crippen LogP contribution in [0.2, 0.25) is 0 Å². The third-order valence-corrected chi connectivity index (χ3v) is 6.19. The van der Waals surface area contributed by atoms with Crippen LogP contribution in [0.25, 0.3) is 5.69 Å². The van der Waals surface area contributed by atoms with Crippen molar-refractivity contribution >= 4 is 17.7 Å². The maximum absolute atomic E-state index is 12.9. The van der Waals surface area contributed by atoms with Crippen molar-refractivity contribution in [3.63, 3.8) is 0 Å². The summed E-state index contributed by atoms with van der Waals surface area (Å²) < 4.78 is 1.99. The summed E-state index contributed by atoms with van der Waals surface area (Å²) in [7, 11) is 0. The van der Waals surface area contributed by atoms with Gasteiger partial charge in [-0.25, -0.2) is 0 Å². The summed E-state index contributed by atoms with van der Waals surface area (Å²) in [5.74, 6) is 0.842. The number of nitrogens with one attached hydrogen (secondary N) is 1. The Morgan fingerprint density at radius 2 is 1.89 bits per heavy atom. The van der Waals surface area contributed by atoms with Crippen molar-refractivity contribution in [2.24, 2.45) is 0 Å². The van der Waals surface area contributed by atoms with E-state index in [2.05, 4.69) is 33.7 Å².